The van der Waals surface area contributed by atoms with E-state index >= 15 is 0 Å². The van der Waals surface area contributed by atoms with Gasteiger partial charge in [-0.15, -0.1) is 6.58 Å². The Balaban J connectivity index is 4.48. The fraction of sp³-hybridized carbons (Fsp3) is 0.857. The number of ketones is 2. The van der Waals surface area contributed by atoms with Crippen molar-refractivity contribution in [1.29, 1.82) is 0 Å². The Labute approximate surface area is 198 Å². The quantitative estimate of drug-likeness (QED) is 0.181. The molecule has 0 rings (SSSR count). The maximum atomic E-state index is 13.0. The summed E-state index contributed by atoms with van der Waals surface area (Å²) in [6, 6.07) is 0. The van der Waals surface area contributed by atoms with E-state index in [1.807, 2.05) is 54.5 Å². The summed E-state index contributed by atoms with van der Waals surface area (Å²) in [5.41, 5.74) is -1.53. The summed E-state index contributed by atoms with van der Waals surface area (Å²) >= 11 is 0. The van der Waals surface area contributed by atoms with Crippen LogP contribution in [0.25, 0.3) is 0 Å². The number of rotatable bonds is 16. The van der Waals surface area contributed by atoms with Crippen LogP contribution in [0.15, 0.2) is 12.7 Å². The first-order valence-corrected chi connectivity index (χ1v) is 12.4. The first-order valence-electron chi connectivity index (χ1n) is 12.4. The van der Waals surface area contributed by atoms with Gasteiger partial charge in [0.05, 0.1) is 16.6 Å². The van der Waals surface area contributed by atoms with Crippen LogP contribution >= 0.6 is 0 Å². The lowest BCUT2D eigenvalue weighted by Gasteiger charge is -2.40. The standard InChI is InChI=1S/C28H52O4/c1-12-22(17-18-23(29)25(2,3)4)19-21-32-28(10,11)27(8,9)24(30)16-14-13-15-20-31-26(5,6)7/h12,22H,1,13-21H2,2-11H3. The van der Waals surface area contributed by atoms with Crippen molar-refractivity contribution in [3.8, 4) is 0 Å². The van der Waals surface area contributed by atoms with Crippen LogP contribution in [0, 0.1) is 16.7 Å². The molecular weight excluding hydrogens is 400 g/mol. The summed E-state index contributed by atoms with van der Waals surface area (Å²) < 4.78 is 12.0. The summed E-state index contributed by atoms with van der Waals surface area (Å²) in [5.74, 6) is 0.767. The lowest BCUT2D eigenvalue weighted by atomic mass is 9.72. The molecule has 0 N–H and O–H groups in total. The number of ether oxygens (including phenoxy) is 2. The maximum absolute atomic E-state index is 13.0. The van der Waals surface area contributed by atoms with E-state index < -0.39 is 11.0 Å². The fourth-order valence-corrected chi connectivity index (χ4v) is 3.31. The normalized spacial score (nSPS) is 14.3. The molecule has 0 aliphatic heterocycles. The van der Waals surface area contributed by atoms with Crippen molar-refractivity contribution in [3.63, 3.8) is 0 Å². The van der Waals surface area contributed by atoms with Gasteiger partial charge in [0.2, 0.25) is 0 Å². The molecule has 1 atom stereocenters. The van der Waals surface area contributed by atoms with Crippen LogP contribution in [0.3, 0.4) is 0 Å². The Morgan fingerprint density at radius 2 is 1.34 bits per heavy atom. The molecule has 0 amide bonds. The van der Waals surface area contributed by atoms with E-state index in [-0.39, 0.29) is 28.5 Å². The molecule has 0 saturated carbocycles. The summed E-state index contributed by atoms with van der Waals surface area (Å²) in [5, 5.41) is 0. The van der Waals surface area contributed by atoms with Gasteiger partial charge in [0.15, 0.2) is 0 Å². The van der Waals surface area contributed by atoms with E-state index in [1.54, 1.807) is 0 Å². The second-order valence-electron chi connectivity index (χ2n) is 12.2. The van der Waals surface area contributed by atoms with E-state index in [1.165, 1.54) is 0 Å². The Bertz CT molecular complexity index is 588. The molecule has 0 saturated heterocycles. The number of carbonyl (C=O) groups excluding carboxylic acids is 2. The molecule has 4 nitrogen and oxygen atoms in total. The first kappa shape index (κ1) is 31.0. The molecule has 0 fully saturated rings. The van der Waals surface area contributed by atoms with Crippen LogP contribution in [0.4, 0.5) is 0 Å². The van der Waals surface area contributed by atoms with Gasteiger partial charge < -0.3 is 9.47 Å². The maximum Gasteiger partial charge on any atom is 0.141 e. The van der Waals surface area contributed by atoms with Crippen LogP contribution < -0.4 is 0 Å². The second kappa shape index (κ2) is 13.0. The average Bonchev–Trinajstić information content (AvgIpc) is 2.64. The van der Waals surface area contributed by atoms with Gasteiger partial charge >= 0.3 is 0 Å². The van der Waals surface area contributed by atoms with Crippen molar-refractivity contribution in [1.82, 2.24) is 0 Å². The number of Topliss-reactive ketones (excluding diaryl/α,β-unsaturated/α-hetero) is 2. The molecule has 0 aromatic rings. The molecular formula is C28H52O4. The highest BCUT2D eigenvalue weighted by Gasteiger charge is 2.43. The molecule has 0 aromatic heterocycles. The molecule has 32 heavy (non-hydrogen) atoms. The van der Waals surface area contributed by atoms with Crippen molar-refractivity contribution in [2.24, 2.45) is 16.7 Å². The number of hydrogen-bond donors (Lipinski definition) is 0. The predicted octanol–water partition coefficient (Wildman–Crippen LogP) is 7.34. The predicted molar refractivity (Wildman–Crippen MR) is 135 cm³/mol. The van der Waals surface area contributed by atoms with Crippen LogP contribution in [0.5, 0.6) is 0 Å². The zero-order valence-electron chi connectivity index (χ0n) is 22.9. The highest BCUT2D eigenvalue weighted by atomic mass is 16.5. The molecule has 0 aromatic carbocycles. The van der Waals surface area contributed by atoms with Gasteiger partial charge in [0.1, 0.15) is 11.6 Å². The van der Waals surface area contributed by atoms with Crippen LogP contribution in [-0.4, -0.2) is 36.0 Å². The highest BCUT2D eigenvalue weighted by Crippen LogP contribution is 2.36. The summed E-state index contributed by atoms with van der Waals surface area (Å²) in [7, 11) is 0. The van der Waals surface area contributed by atoms with Gasteiger partial charge in [-0.05, 0) is 66.2 Å². The summed E-state index contributed by atoms with van der Waals surface area (Å²) in [6.07, 6.45) is 7.51. The molecule has 0 radical (unpaired) electrons. The van der Waals surface area contributed by atoms with Gasteiger partial charge in [-0.1, -0.05) is 47.1 Å². The van der Waals surface area contributed by atoms with Crippen molar-refractivity contribution >= 4 is 11.6 Å². The Kier molecular flexibility index (Phi) is 12.6. The minimum Gasteiger partial charge on any atom is -0.376 e. The zero-order chi connectivity index (χ0) is 25.2. The highest BCUT2D eigenvalue weighted by molar-refractivity contribution is 5.85. The van der Waals surface area contributed by atoms with Crippen LogP contribution in [0.2, 0.25) is 0 Å². The van der Waals surface area contributed by atoms with E-state index in [0.29, 0.717) is 19.4 Å². The molecule has 0 aliphatic carbocycles. The van der Waals surface area contributed by atoms with Crippen molar-refractivity contribution < 1.29 is 19.1 Å². The Morgan fingerprint density at radius 1 is 0.750 bits per heavy atom. The van der Waals surface area contributed by atoms with Crippen LogP contribution in [0.1, 0.15) is 114 Å². The van der Waals surface area contributed by atoms with E-state index in [9.17, 15) is 9.59 Å². The summed E-state index contributed by atoms with van der Waals surface area (Å²) in [4.78, 5) is 25.2. The Morgan fingerprint density at radius 3 is 1.84 bits per heavy atom. The van der Waals surface area contributed by atoms with Gasteiger partial charge in [-0.25, -0.2) is 0 Å². The van der Waals surface area contributed by atoms with Gasteiger partial charge in [-0.3, -0.25) is 9.59 Å². The third kappa shape index (κ3) is 11.7. The Hall–Kier alpha value is -1.00. The molecule has 4 heteroatoms. The fourth-order valence-electron chi connectivity index (χ4n) is 3.31. The molecule has 0 aliphatic rings. The van der Waals surface area contributed by atoms with E-state index in [0.717, 1.165) is 38.7 Å². The largest absolute Gasteiger partial charge is 0.376 e. The smallest absolute Gasteiger partial charge is 0.141 e. The molecule has 0 heterocycles. The topological polar surface area (TPSA) is 52.6 Å². The molecule has 0 spiro atoms. The summed E-state index contributed by atoms with van der Waals surface area (Å²) in [6.45, 7) is 25.3. The van der Waals surface area contributed by atoms with E-state index in [4.69, 9.17) is 9.47 Å². The molecule has 1 unspecified atom stereocenters. The third-order valence-electron chi connectivity index (χ3n) is 6.65. The number of carbonyl (C=O) groups is 2. The number of hydrogen-bond acceptors (Lipinski definition) is 4. The minimum absolute atomic E-state index is 0.105. The van der Waals surface area contributed by atoms with Crippen molar-refractivity contribution in [2.45, 2.75) is 125 Å². The third-order valence-corrected chi connectivity index (χ3v) is 6.65. The molecule has 188 valence electrons. The number of allylic oxidation sites excluding steroid dienone is 1. The van der Waals surface area contributed by atoms with Gasteiger partial charge in [0.25, 0.3) is 0 Å². The van der Waals surface area contributed by atoms with Crippen molar-refractivity contribution in [3.05, 3.63) is 12.7 Å². The SMILES string of the molecule is C=CC(CCOC(C)(C)C(C)(C)C(=O)CCCCCOC(C)(C)C)CCC(=O)C(C)(C)C. The van der Waals surface area contributed by atoms with Gasteiger partial charge in [-0.2, -0.15) is 0 Å². The zero-order valence-corrected chi connectivity index (χ0v) is 22.9. The number of unbranched alkanes of at least 4 members (excludes halogenated alkanes) is 2. The van der Waals surface area contributed by atoms with E-state index in [2.05, 4.69) is 27.4 Å². The molecule has 0 bridgehead atoms. The van der Waals surface area contributed by atoms with Gasteiger partial charge in [0, 0.05) is 31.5 Å². The first-order chi connectivity index (χ1) is 14.4. The van der Waals surface area contributed by atoms with Crippen LogP contribution in [-0.2, 0) is 19.1 Å². The lowest BCUT2D eigenvalue weighted by molar-refractivity contribution is -0.149. The monoisotopic (exact) mass is 452 g/mol. The average molecular weight is 453 g/mol. The minimum atomic E-state index is -0.569. The second-order valence-corrected chi connectivity index (χ2v) is 12.2. The van der Waals surface area contributed by atoms with Crippen molar-refractivity contribution in [2.75, 3.05) is 13.2 Å². The lowest BCUT2D eigenvalue weighted by Crippen LogP contribution is -2.47.